The Balaban J connectivity index is 1.65. The fraction of sp³-hybridized carbons (Fsp3) is 0.459. The van der Waals surface area contributed by atoms with Crippen LogP contribution in [-0.2, 0) is 14.8 Å². The molecule has 3 aromatic rings. The number of hydrogen-bond donors (Lipinski definition) is 4. The van der Waals surface area contributed by atoms with E-state index < -0.39 is 27.9 Å². The first kappa shape index (κ1) is 38.7. The quantitative estimate of drug-likeness (QED) is 0.0610. The largest absolute Gasteiger partial charge is 0.506 e. The van der Waals surface area contributed by atoms with Gasteiger partial charge in [-0.15, -0.1) is 0 Å². The zero-order valence-electron chi connectivity index (χ0n) is 28.1. The highest BCUT2D eigenvalue weighted by Crippen LogP contribution is 2.34. The van der Waals surface area contributed by atoms with E-state index in [9.17, 15) is 23.1 Å². The van der Waals surface area contributed by atoms with Gasteiger partial charge in [-0.25, -0.2) is 8.42 Å². The predicted octanol–water partition coefficient (Wildman–Crippen LogP) is 9.54. The maximum absolute atomic E-state index is 13.5. The maximum Gasteiger partial charge on any atom is 0.265 e. The second-order valence-corrected chi connectivity index (χ2v) is 14.3. The van der Waals surface area contributed by atoms with Crippen LogP contribution >= 0.6 is 11.6 Å². The molecular formula is C37H50ClN3O6S. The third-order valence-corrected chi connectivity index (χ3v) is 9.60. The van der Waals surface area contributed by atoms with Crippen molar-refractivity contribution < 1.29 is 27.9 Å². The van der Waals surface area contributed by atoms with Crippen LogP contribution in [0.2, 0.25) is 5.02 Å². The Labute approximate surface area is 290 Å². The second kappa shape index (κ2) is 20.6. The lowest BCUT2D eigenvalue weighted by atomic mass is 10.0. The average Bonchev–Trinajstić information content (AvgIpc) is 3.07. The van der Waals surface area contributed by atoms with Crippen LogP contribution in [0.15, 0.2) is 66.7 Å². The number of halogens is 1. The standard InChI is InChI=1S/C37H50ClN3O6S/c1-3-5-7-8-9-10-11-12-13-17-20-35(47-30-23-21-29(22-24-30)41-48(45,46)25-6-4-2)37(44)39-32-27-34(42)33(26-31(32)38)40-36(43)28-18-15-14-16-19-28/h14-16,18-19,21-24,26-27,35,41-42H,3-13,17,20,25H2,1-2H3,(H,39,44)(H,40,43)/t35-/m1/s1. The number of sulfonamides is 1. The van der Waals surface area contributed by atoms with Crippen molar-refractivity contribution in [3.63, 3.8) is 0 Å². The predicted molar refractivity (Wildman–Crippen MR) is 196 cm³/mol. The van der Waals surface area contributed by atoms with Crippen molar-refractivity contribution in [1.29, 1.82) is 0 Å². The third kappa shape index (κ3) is 13.8. The van der Waals surface area contributed by atoms with Gasteiger partial charge in [0, 0.05) is 17.3 Å². The number of unbranched alkanes of at least 4 members (excludes halogenated alkanes) is 10. The molecule has 0 fully saturated rings. The third-order valence-electron chi connectivity index (χ3n) is 7.91. The van der Waals surface area contributed by atoms with Gasteiger partial charge < -0.3 is 20.5 Å². The smallest absolute Gasteiger partial charge is 0.265 e. The molecule has 0 spiro atoms. The number of phenols is 1. The normalized spacial score (nSPS) is 11.9. The number of carbonyl (C=O) groups excluding carboxylic acids is 2. The lowest BCUT2D eigenvalue weighted by molar-refractivity contribution is -0.123. The number of carbonyl (C=O) groups is 2. The van der Waals surface area contributed by atoms with E-state index in [1.807, 2.05) is 6.92 Å². The molecule has 0 aliphatic heterocycles. The zero-order chi connectivity index (χ0) is 34.8. The lowest BCUT2D eigenvalue weighted by Crippen LogP contribution is -2.33. The summed E-state index contributed by atoms with van der Waals surface area (Å²) in [6.07, 6.45) is 12.4. The van der Waals surface area contributed by atoms with Gasteiger partial charge in [-0.3, -0.25) is 14.3 Å². The van der Waals surface area contributed by atoms with E-state index in [0.717, 1.165) is 32.1 Å². The van der Waals surface area contributed by atoms with Gasteiger partial charge in [0.25, 0.3) is 11.8 Å². The number of ether oxygens (including phenoxy) is 1. The SMILES string of the molecule is CCCCCCCCCCCC[C@@H](Oc1ccc(NS(=O)(=O)CCCC)cc1)C(=O)Nc1cc(O)c(NC(=O)c2ccccc2)cc1Cl. The summed E-state index contributed by atoms with van der Waals surface area (Å²) in [6, 6.07) is 17.7. The van der Waals surface area contributed by atoms with Crippen molar-refractivity contribution in [3.8, 4) is 11.5 Å². The van der Waals surface area contributed by atoms with Crippen LogP contribution in [0, 0.1) is 0 Å². The lowest BCUT2D eigenvalue weighted by Gasteiger charge is -2.20. The van der Waals surface area contributed by atoms with Crippen LogP contribution < -0.4 is 20.1 Å². The van der Waals surface area contributed by atoms with E-state index in [0.29, 0.717) is 29.8 Å². The molecule has 9 nitrogen and oxygen atoms in total. The van der Waals surface area contributed by atoms with Crippen LogP contribution in [0.25, 0.3) is 0 Å². The Morgan fingerprint density at radius 1 is 0.771 bits per heavy atom. The number of amides is 2. The van der Waals surface area contributed by atoms with Crippen LogP contribution in [0.5, 0.6) is 11.5 Å². The molecule has 0 aromatic heterocycles. The molecule has 0 bridgehead atoms. The van der Waals surface area contributed by atoms with E-state index >= 15 is 0 Å². The summed E-state index contributed by atoms with van der Waals surface area (Å²) in [4.78, 5) is 26.1. The van der Waals surface area contributed by atoms with Crippen LogP contribution in [0.1, 0.15) is 108 Å². The van der Waals surface area contributed by atoms with Gasteiger partial charge in [0.2, 0.25) is 10.0 Å². The highest BCUT2D eigenvalue weighted by atomic mass is 35.5. The molecule has 4 N–H and O–H groups in total. The molecule has 0 heterocycles. The van der Waals surface area contributed by atoms with Crippen LogP contribution in [0.3, 0.4) is 0 Å². The van der Waals surface area contributed by atoms with Gasteiger partial charge in [-0.1, -0.05) is 108 Å². The van der Waals surface area contributed by atoms with Crippen molar-refractivity contribution in [2.24, 2.45) is 0 Å². The summed E-state index contributed by atoms with van der Waals surface area (Å²) in [5.41, 5.74) is 1.11. The van der Waals surface area contributed by atoms with E-state index in [-0.39, 0.29) is 27.9 Å². The summed E-state index contributed by atoms with van der Waals surface area (Å²) in [5.74, 6) is -0.669. The van der Waals surface area contributed by atoms with Gasteiger partial charge in [-0.2, -0.15) is 0 Å². The Bertz CT molecular complexity index is 1530. The van der Waals surface area contributed by atoms with Crippen molar-refractivity contribution >= 4 is 50.5 Å². The molecule has 0 unspecified atom stereocenters. The second-order valence-electron chi connectivity index (χ2n) is 12.0. The van der Waals surface area contributed by atoms with Crippen molar-refractivity contribution in [3.05, 3.63) is 77.3 Å². The number of anilines is 3. The van der Waals surface area contributed by atoms with Gasteiger partial charge in [0.15, 0.2) is 6.10 Å². The number of nitrogens with one attached hydrogen (secondary N) is 3. The summed E-state index contributed by atoms with van der Waals surface area (Å²) in [7, 11) is -3.45. The summed E-state index contributed by atoms with van der Waals surface area (Å²) in [6.45, 7) is 4.15. The summed E-state index contributed by atoms with van der Waals surface area (Å²) in [5, 5.41) is 16.2. The Morgan fingerprint density at radius 3 is 2.00 bits per heavy atom. The molecular weight excluding hydrogens is 650 g/mol. The first-order valence-electron chi connectivity index (χ1n) is 17.1. The highest BCUT2D eigenvalue weighted by Gasteiger charge is 2.23. The number of phenolic OH excluding ortho intramolecular Hbond substituents is 1. The van der Waals surface area contributed by atoms with E-state index in [2.05, 4.69) is 22.3 Å². The van der Waals surface area contributed by atoms with Gasteiger partial charge in [0.05, 0.1) is 22.2 Å². The van der Waals surface area contributed by atoms with Gasteiger partial charge >= 0.3 is 0 Å². The monoisotopic (exact) mass is 699 g/mol. The van der Waals surface area contributed by atoms with Crippen LogP contribution in [-0.4, -0.2) is 37.2 Å². The molecule has 262 valence electrons. The fourth-order valence-electron chi connectivity index (χ4n) is 5.15. The van der Waals surface area contributed by atoms with Crippen LogP contribution in [0.4, 0.5) is 17.1 Å². The molecule has 48 heavy (non-hydrogen) atoms. The Hall–Kier alpha value is -3.76. The van der Waals surface area contributed by atoms with Gasteiger partial charge in [0.1, 0.15) is 11.5 Å². The minimum absolute atomic E-state index is 0.0430. The molecule has 0 aliphatic carbocycles. The van der Waals surface area contributed by atoms with Crippen molar-refractivity contribution in [2.75, 3.05) is 21.1 Å². The average molecular weight is 700 g/mol. The molecule has 0 aliphatic rings. The summed E-state index contributed by atoms with van der Waals surface area (Å²) < 4.78 is 33.3. The molecule has 3 aromatic carbocycles. The molecule has 0 radical (unpaired) electrons. The number of rotatable bonds is 22. The molecule has 1 atom stereocenters. The molecule has 2 amide bonds. The number of aromatic hydroxyl groups is 1. The fourth-order valence-corrected chi connectivity index (χ4v) is 6.62. The van der Waals surface area contributed by atoms with Crippen molar-refractivity contribution in [2.45, 2.75) is 103 Å². The van der Waals surface area contributed by atoms with E-state index in [4.69, 9.17) is 16.3 Å². The number of benzene rings is 3. The molecule has 0 saturated carbocycles. The number of hydrogen-bond acceptors (Lipinski definition) is 6. The first-order chi connectivity index (χ1) is 23.1. The minimum Gasteiger partial charge on any atom is -0.506 e. The summed E-state index contributed by atoms with van der Waals surface area (Å²) >= 11 is 6.48. The topological polar surface area (TPSA) is 134 Å². The Morgan fingerprint density at radius 2 is 1.38 bits per heavy atom. The van der Waals surface area contributed by atoms with Crippen molar-refractivity contribution in [1.82, 2.24) is 0 Å². The zero-order valence-corrected chi connectivity index (χ0v) is 29.7. The van der Waals surface area contributed by atoms with E-state index in [1.165, 1.54) is 50.7 Å². The highest BCUT2D eigenvalue weighted by molar-refractivity contribution is 7.92. The maximum atomic E-state index is 13.5. The Kier molecular flexibility index (Phi) is 16.6. The molecule has 3 rings (SSSR count). The van der Waals surface area contributed by atoms with Gasteiger partial charge in [-0.05, 0) is 61.7 Å². The molecule has 0 saturated heterocycles. The molecule has 11 heteroatoms. The first-order valence-corrected chi connectivity index (χ1v) is 19.1. The van der Waals surface area contributed by atoms with E-state index in [1.54, 1.807) is 54.6 Å². The minimum atomic E-state index is -3.45.